The molecule has 0 saturated heterocycles. The second-order valence-corrected chi connectivity index (χ2v) is 17.6. The molecule has 222 valence electrons. The molecular formula is C31H42N2O7Si. The standard InChI is InChI=1S/C31H42N2O7Si/c1-30(2,3)39-29(38)33(18-17-20-9-11-21(12-10-20)28(36)37)19-25(40-41(7,8)31(4,5)6)22-13-15-24(34)27-23(22)14-16-26(35)32-27/h9-16,25,34H,17-19H2,1-8H3,(H,32,35)(H,36,37). The summed E-state index contributed by atoms with van der Waals surface area (Å²) >= 11 is 0. The molecular weight excluding hydrogens is 540 g/mol. The van der Waals surface area contributed by atoms with Crippen molar-refractivity contribution in [1.29, 1.82) is 0 Å². The van der Waals surface area contributed by atoms with E-state index in [1.165, 1.54) is 12.1 Å². The third-order valence-electron chi connectivity index (χ3n) is 7.41. The average Bonchev–Trinajstić information content (AvgIpc) is 2.84. The van der Waals surface area contributed by atoms with E-state index in [0.717, 1.165) is 11.1 Å². The van der Waals surface area contributed by atoms with Crippen LogP contribution in [0.15, 0.2) is 53.3 Å². The number of ether oxygens (including phenoxy) is 1. The van der Waals surface area contributed by atoms with Gasteiger partial charge in [-0.05, 0) is 80.7 Å². The maximum atomic E-state index is 13.5. The number of H-pyrrole nitrogens is 1. The Kier molecular flexibility index (Phi) is 9.39. The number of pyridine rings is 1. The third-order valence-corrected chi connectivity index (χ3v) is 11.9. The molecule has 0 bridgehead atoms. The van der Waals surface area contributed by atoms with Gasteiger partial charge < -0.3 is 29.3 Å². The number of nitrogens with zero attached hydrogens (tertiary/aromatic N) is 1. The van der Waals surface area contributed by atoms with Crippen molar-refractivity contribution in [1.82, 2.24) is 9.88 Å². The molecule has 2 aromatic carbocycles. The molecule has 0 fully saturated rings. The summed E-state index contributed by atoms with van der Waals surface area (Å²) in [6, 6.07) is 12.9. The second kappa shape index (κ2) is 12.1. The Bertz CT molecular complexity index is 1450. The van der Waals surface area contributed by atoms with Crippen LogP contribution in [-0.4, -0.2) is 59.2 Å². The Labute approximate surface area is 242 Å². The van der Waals surface area contributed by atoms with Crippen LogP contribution in [0.3, 0.4) is 0 Å². The Morgan fingerprint density at radius 1 is 0.976 bits per heavy atom. The van der Waals surface area contributed by atoms with Crippen LogP contribution in [0.2, 0.25) is 18.1 Å². The minimum atomic E-state index is -2.38. The van der Waals surface area contributed by atoms with Crippen LogP contribution in [0.1, 0.15) is 69.1 Å². The van der Waals surface area contributed by atoms with E-state index in [2.05, 4.69) is 38.8 Å². The van der Waals surface area contributed by atoms with Crippen molar-refractivity contribution < 1.29 is 29.0 Å². The largest absolute Gasteiger partial charge is 0.506 e. The van der Waals surface area contributed by atoms with Gasteiger partial charge in [-0.25, -0.2) is 9.59 Å². The molecule has 41 heavy (non-hydrogen) atoms. The lowest BCUT2D eigenvalue weighted by Crippen LogP contribution is -2.46. The van der Waals surface area contributed by atoms with Crippen molar-refractivity contribution in [3.05, 3.63) is 75.6 Å². The van der Waals surface area contributed by atoms with Gasteiger partial charge in [-0.1, -0.05) is 39.0 Å². The lowest BCUT2D eigenvalue weighted by Gasteiger charge is -2.41. The maximum Gasteiger partial charge on any atom is 0.410 e. The van der Waals surface area contributed by atoms with Crippen LogP contribution in [0.5, 0.6) is 5.75 Å². The highest BCUT2D eigenvalue weighted by Gasteiger charge is 2.40. The highest BCUT2D eigenvalue weighted by Crippen LogP contribution is 2.41. The molecule has 9 nitrogen and oxygen atoms in total. The number of phenols is 1. The van der Waals surface area contributed by atoms with Gasteiger partial charge >= 0.3 is 12.1 Å². The molecule has 3 N–H and O–H groups in total. The first-order valence-corrected chi connectivity index (χ1v) is 16.6. The van der Waals surface area contributed by atoms with E-state index in [4.69, 9.17) is 9.16 Å². The van der Waals surface area contributed by atoms with Crippen molar-refractivity contribution in [2.24, 2.45) is 0 Å². The van der Waals surface area contributed by atoms with Crippen molar-refractivity contribution in [2.75, 3.05) is 13.1 Å². The van der Waals surface area contributed by atoms with E-state index < -0.39 is 32.1 Å². The van der Waals surface area contributed by atoms with Gasteiger partial charge in [0.25, 0.3) is 0 Å². The zero-order valence-corrected chi connectivity index (χ0v) is 26.2. The SMILES string of the molecule is CC(C)(C)OC(=O)N(CCc1ccc(C(=O)O)cc1)CC(O[Si](C)(C)C(C)(C)C)c1ccc(O)c2[nH]c(=O)ccc12. The van der Waals surface area contributed by atoms with Gasteiger partial charge in [0.1, 0.15) is 11.4 Å². The molecule has 1 amide bonds. The van der Waals surface area contributed by atoms with E-state index in [-0.39, 0.29) is 28.5 Å². The first-order chi connectivity index (χ1) is 18.9. The smallest absolute Gasteiger partial charge is 0.410 e. The number of phenolic OH excluding ortho intramolecular Hbond substituents is 1. The number of carboxylic acid groups (broad SMARTS) is 1. The monoisotopic (exact) mass is 582 g/mol. The number of benzene rings is 2. The Hall–Kier alpha value is -3.63. The number of aromatic amines is 1. The number of hydrogen-bond acceptors (Lipinski definition) is 6. The summed E-state index contributed by atoms with van der Waals surface area (Å²) in [6.45, 7) is 16.5. The molecule has 1 aromatic heterocycles. The molecule has 0 spiro atoms. The van der Waals surface area contributed by atoms with Crippen LogP contribution in [-0.2, 0) is 15.6 Å². The molecule has 1 atom stereocenters. The van der Waals surface area contributed by atoms with E-state index in [0.29, 0.717) is 23.9 Å². The highest BCUT2D eigenvalue weighted by molar-refractivity contribution is 6.74. The zero-order valence-electron chi connectivity index (χ0n) is 25.2. The number of rotatable bonds is 9. The molecule has 3 aromatic rings. The average molecular weight is 583 g/mol. The summed E-state index contributed by atoms with van der Waals surface area (Å²) in [5.74, 6) is -1.05. The van der Waals surface area contributed by atoms with E-state index in [1.807, 2.05) is 0 Å². The summed E-state index contributed by atoms with van der Waals surface area (Å²) < 4.78 is 12.7. The van der Waals surface area contributed by atoms with Crippen molar-refractivity contribution in [3.63, 3.8) is 0 Å². The number of nitrogens with one attached hydrogen (secondary N) is 1. The molecule has 0 aliphatic heterocycles. The van der Waals surface area contributed by atoms with Gasteiger partial charge in [0.15, 0.2) is 8.32 Å². The van der Waals surface area contributed by atoms with E-state index in [1.54, 1.807) is 62.1 Å². The van der Waals surface area contributed by atoms with Gasteiger partial charge in [0.05, 0.1) is 23.7 Å². The lowest BCUT2D eigenvalue weighted by atomic mass is 10.0. The minimum Gasteiger partial charge on any atom is -0.506 e. The number of carbonyl (C=O) groups excluding carboxylic acids is 1. The molecule has 1 unspecified atom stereocenters. The highest BCUT2D eigenvalue weighted by atomic mass is 28.4. The van der Waals surface area contributed by atoms with Gasteiger partial charge in [-0.3, -0.25) is 4.79 Å². The fourth-order valence-electron chi connectivity index (χ4n) is 4.13. The molecule has 0 aliphatic rings. The lowest BCUT2D eigenvalue weighted by molar-refractivity contribution is 0.0159. The summed E-state index contributed by atoms with van der Waals surface area (Å²) in [4.78, 5) is 41.2. The molecule has 0 saturated carbocycles. The normalized spacial score (nSPS) is 13.2. The number of fused-ring (bicyclic) bond motifs is 1. The predicted molar refractivity (Wildman–Crippen MR) is 162 cm³/mol. The van der Waals surface area contributed by atoms with Crippen LogP contribution in [0.4, 0.5) is 4.79 Å². The number of carbonyl (C=O) groups is 2. The first-order valence-electron chi connectivity index (χ1n) is 13.7. The van der Waals surface area contributed by atoms with Crippen molar-refractivity contribution in [3.8, 4) is 5.75 Å². The van der Waals surface area contributed by atoms with Gasteiger partial charge in [-0.15, -0.1) is 0 Å². The van der Waals surface area contributed by atoms with Gasteiger partial charge in [-0.2, -0.15) is 0 Å². The Balaban J connectivity index is 2.05. The fraction of sp³-hybridized carbons (Fsp3) is 0.452. The minimum absolute atomic E-state index is 0.0543. The number of hydrogen-bond donors (Lipinski definition) is 3. The Morgan fingerprint density at radius 2 is 1.61 bits per heavy atom. The second-order valence-electron chi connectivity index (χ2n) is 12.8. The third kappa shape index (κ3) is 8.20. The van der Waals surface area contributed by atoms with Crippen molar-refractivity contribution >= 4 is 31.3 Å². The maximum absolute atomic E-state index is 13.5. The van der Waals surface area contributed by atoms with Crippen LogP contribution in [0, 0.1) is 0 Å². The van der Waals surface area contributed by atoms with Gasteiger partial charge in [0.2, 0.25) is 5.56 Å². The summed E-state index contributed by atoms with van der Waals surface area (Å²) in [5.41, 5.74) is 1.05. The number of carboxylic acids is 1. The van der Waals surface area contributed by atoms with E-state index >= 15 is 0 Å². The predicted octanol–water partition coefficient (Wildman–Crippen LogP) is 6.47. The first kappa shape index (κ1) is 31.9. The van der Waals surface area contributed by atoms with Gasteiger partial charge in [0, 0.05) is 18.0 Å². The number of amides is 1. The quantitative estimate of drug-likeness (QED) is 0.246. The number of aromatic carboxylic acids is 1. The molecule has 0 aliphatic carbocycles. The summed E-state index contributed by atoms with van der Waals surface area (Å²) in [5, 5.41) is 20.2. The van der Waals surface area contributed by atoms with E-state index in [9.17, 15) is 24.6 Å². The molecule has 0 radical (unpaired) electrons. The van der Waals surface area contributed by atoms with Crippen LogP contribution < -0.4 is 5.56 Å². The van der Waals surface area contributed by atoms with Crippen LogP contribution >= 0.6 is 0 Å². The summed E-state index contributed by atoms with van der Waals surface area (Å²) in [7, 11) is -2.38. The fourth-order valence-corrected chi connectivity index (χ4v) is 5.40. The number of aromatic hydroxyl groups is 1. The van der Waals surface area contributed by atoms with Crippen LogP contribution in [0.25, 0.3) is 10.9 Å². The molecule has 3 rings (SSSR count). The topological polar surface area (TPSA) is 129 Å². The molecule has 10 heteroatoms. The summed E-state index contributed by atoms with van der Waals surface area (Å²) in [6.07, 6.45) is -0.623. The zero-order chi connectivity index (χ0) is 30.8. The van der Waals surface area contributed by atoms with Crippen molar-refractivity contribution in [2.45, 2.75) is 77.8 Å². The molecule has 1 heterocycles. The Morgan fingerprint density at radius 3 is 2.17 bits per heavy atom. The number of aromatic nitrogens is 1.